The van der Waals surface area contributed by atoms with Crippen LogP contribution in [0.4, 0.5) is 11.4 Å². The first-order valence-electron chi connectivity index (χ1n) is 5.71. The molecular formula is C14H12BrClN2O2. The first-order valence-corrected chi connectivity index (χ1v) is 6.88. The number of hydrogen-bond acceptors (Lipinski definition) is 3. The van der Waals surface area contributed by atoms with Gasteiger partial charge in [-0.2, -0.15) is 0 Å². The number of amides is 1. The molecular weight excluding hydrogens is 344 g/mol. The van der Waals surface area contributed by atoms with E-state index in [2.05, 4.69) is 21.2 Å². The van der Waals surface area contributed by atoms with Crippen molar-refractivity contribution in [2.24, 2.45) is 0 Å². The molecule has 20 heavy (non-hydrogen) atoms. The average molecular weight is 356 g/mol. The molecule has 2 aromatic carbocycles. The van der Waals surface area contributed by atoms with Crippen molar-refractivity contribution in [3.63, 3.8) is 0 Å². The summed E-state index contributed by atoms with van der Waals surface area (Å²) in [7, 11) is 1.56. The van der Waals surface area contributed by atoms with Gasteiger partial charge in [-0.3, -0.25) is 4.79 Å². The number of carbonyl (C=O) groups excluding carboxylic acids is 1. The van der Waals surface area contributed by atoms with Gasteiger partial charge in [0.2, 0.25) is 0 Å². The topological polar surface area (TPSA) is 64.3 Å². The van der Waals surface area contributed by atoms with Gasteiger partial charge in [-0.25, -0.2) is 0 Å². The molecule has 1 amide bonds. The summed E-state index contributed by atoms with van der Waals surface area (Å²) < 4.78 is 5.87. The Morgan fingerprint density at radius 1 is 1.30 bits per heavy atom. The smallest absolute Gasteiger partial charge is 0.257 e. The van der Waals surface area contributed by atoms with Crippen LogP contribution < -0.4 is 15.8 Å². The molecule has 0 bridgehead atoms. The number of ether oxygens (including phenoxy) is 1. The van der Waals surface area contributed by atoms with E-state index in [1.54, 1.807) is 37.4 Å². The van der Waals surface area contributed by atoms with Crippen LogP contribution in [0.2, 0.25) is 5.02 Å². The highest BCUT2D eigenvalue weighted by Crippen LogP contribution is 2.28. The Balaban J connectivity index is 2.27. The third kappa shape index (κ3) is 3.23. The Bertz CT molecular complexity index is 662. The Morgan fingerprint density at radius 2 is 2.05 bits per heavy atom. The molecule has 0 saturated heterocycles. The average Bonchev–Trinajstić information content (AvgIpc) is 2.41. The van der Waals surface area contributed by atoms with Gasteiger partial charge < -0.3 is 15.8 Å². The molecule has 0 heterocycles. The lowest BCUT2D eigenvalue weighted by Crippen LogP contribution is -2.14. The fourth-order valence-electron chi connectivity index (χ4n) is 1.66. The van der Waals surface area contributed by atoms with Crippen LogP contribution in [0, 0.1) is 0 Å². The number of nitrogen functional groups attached to an aromatic ring is 1. The molecule has 0 radical (unpaired) electrons. The number of benzene rings is 2. The van der Waals surface area contributed by atoms with E-state index in [9.17, 15) is 4.79 Å². The summed E-state index contributed by atoms with van der Waals surface area (Å²) in [5, 5.41) is 3.26. The molecule has 0 spiro atoms. The molecule has 6 heteroatoms. The molecule has 2 aromatic rings. The minimum atomic E-state index is -0.312. The first-order chi connectivity index (χ1) is 9.51. The summed E-state index contributed by atoms with van der Waals surface area (Å²) >= 11 is 9.18. The summed E-state index contributed by atoms with van der Waals surface area (Å²) in [5.74, 6) is 0.334. The van der Waals surface area contributed by atoms with E-state index in [1.807, 2.05) is 0 Å². The molecule has 3 N–H and O–H groups in total. The molecule has 0 aliphatic carbocycles. The van der Waals surface area contributed by atoms with Gasteiger partial charge in [0.15, 0.2) is 0 Å². The number of nitrogens with one attached hydrogen (secondary N) is 1. The van der Waals surface area contributed by atoms with Gasteiger partial charge in [0, 0.05) is 21.2 Å². The Morgan fingerprint density at radius 3 is 2.70 bits per heavy atom. The first kappa shape index (κ1) is 14.7. The van der Waals surface area contributed by atoms with Crippen LogP contribution in [0.15, 0.2) is 40.9 Å². The van der Waals surface area contributed by atoms with Crippen molar-refractivity contribution in [3.05, 3.63) is 51.5 Å². The van der Waals surface area contributed by atoms with Crippen LogP contribution in [0.25, 0.3) is 0 Å². The van der Waals surface area contributed by atoms with Gasteiger partial charge in [0.25, 0.3) is 5.91 Å². The Hall–Kier alpha value is -1.72. The summed E-state index contributed by atoms with van der Waals surface area (Å²) in [6.07, 6.45) is 0. The van der Waals surface area contributed by atoms with Crippen LogP contribution >= 0.6 is 27.5 Å². The number of carbonyl (C=O) groups is 1. The predicted molar refractivity (Wildman–Crippen MR) is 84.5 cm³/mol. The SMILES string of the molecule is COc1ccc(Br)c(NC(=O)c2ccc(Cl)cc2N)c1. The maximum absolute atomic E-state index is 12.2. The second-order valence-corrected chi connectivity index (χ2v) is 5.32. The van der Waals surface area contributed by atoms with Crippen molar-refractivity contribution >= 4 is 44.8 Å². The number of methoxy groups -OCH3 is 1. The summed E-state index contributed by atoms with van der Waals surface area (Å²) in [4.78, 5) is 12.2. The monoisotopic (exact) mass is 354 g/mol. The van der Waals surface area contributed by atoms with Gasteiger partial charge >= 0.3 is 0 Å². The lowest BCUT2D eigenvalue weighted by Gasteiger charge is -2.10. The van der Waals surface area contributed by atoms with Gasteiger partial charge in [0.1, 0.15) is 5.75 Å². The zero-order chi connectivity index (χ0) is 14.7. The molecule has 0 fully saturated rings. The van der Waals surface area contributed by atoms with E-state index in [1.165, 1.54) is 6.07 Å². The van der Waals surface area contributed by atoms with Crippen LogP contribution in [-0.2, 0) is 0 Å². The minimum absolute atomic E-state index is 0.312. The van der Waals surface area contributed by atoms with Crippen molar-refractivity contribution < 1.29 is 9.53 Å². The fourth-order valence-corrected chi connectivity index (χ4v) is 2.18. The molecule has 2 rings (SSSR count). The van der Waals surface area contributed by atoms with Crippen LogP contribution in [0.5, 0.6) is 5.75 Å². The number of rotatable bonds is 3. The molecule has 0 aliphatic heterocycles. The van der Waals surface area contributed by atoms with E-state index >= 15 is 0 Å². The second-order valence-electron chi connectivity index (χ2n) is 4.03. The lowest BCUT2D eigenvalue weighted by molar-refractivity contribution is 0.102. The largest absolute Gasteiger partial charge is 0.497 e. The maximum Gasteiger partial charge on any atom is 0.257 e. The Labute approximate surface area is 130 Å². The van der Waals surface area contributed by atoms with E-state index in [0.717, 1.165) is 4.47 Å². The number of hydrogen-bond donors (Lipinski definition) is 2. The van der Waals surface area contributed by atoms with Gasteiger partial charge in [-0.15, -0.1) is 0 Å². The minimum Gasteiger partial charge on any atom is -0.497 e. The highest BCUT2D eigenvalue weighted by Gasteiger charge is 2.12. The maximum atomic E-state index is 12.2. The summed E-state index contributed by atoms with van der Waals surface area (Å²) in [6, 6.07) is 10.0. The normalized spacial score (nSPS) is 10.2. The number of halogens is 2. The zero-order valence-corrected chi connectivity index (χ0v) is 13.0. The zero-order valence-electron chi connectivity index (χ0n) is 10.6. The number of anilines is 2. The van der Waals surface area contributed by atoms with Crippen LogP contribution in [-0.4, -0.2) is 13.0 Å². The summed E-state index contributed by atoms with van der Waals surface area (Å²) in [5.41, 5.74) is 7.08. The molecule has 0 aliphatic rings. The molecule has 0 atom stereocenters. The van der Waals surface area contributed by atoms with Crippen molar-refractivity contribution in [2.45, 2.75) is 0 Å². The summed E-state index contributed by atoms with van der Waals surface area (Å²) in [6.45, 7) is 0. The standard InChI is InChI=1S/C14H12BrClN2O2/c1-20-9-3-5-11(15)13(7-9)18-14(19)10-4-2-8(16)6-12(10)17/h2-7H,17H2,1H3,(H,18,19). The van der Waals surface area contributed by atoms with E-state index in [0.29, 0.717) is 27.7 Å². The van der Waals surface area contributed by atoms with Gasteiger partial charge in [-0.1, -0.05) is 11.6 Å². The molecule has 104 valence electrons. The third-order valence-corrected chi connectivity index (χ3v) is 3.61. The Kier molecular flexibility index (Phi) is 4.52. The predicted octanol–water partition coefficient (Wildman–Crippen LogP) is 3.95. The highest BCUT2D eigenvalue weighted by molar-refractivity contribution is 9.10. The fraction of sp³-hybridized carbons (Fsp3) is 0.0714. The van der Waals surface area contributed by atoms with Crippen LogP contribution in [0.3, 0.4) is 0 Å². The van der Waals surface area contributed by atoms with E-state index in [-0.39, 0.29) is 5.91 Å². The highest BCUT2D eigenvalue weighted by atomic mass is 79.9. The second kappa shape index (κ2) is 6.15. The molecule has 4 nitrogen and oxygen atoms in total. The van der Waals surface area contributed by atoms with E-state index < -0.39 is 0 Å². The van der Waals surface area contributed by atoms with Gasteiger partial charge in [-0.05, 0) is 46.3 Å². The lowest BCUT2D eigenvalue weighted by atomic mass is 10.1. The quantitative estimate of drug-likeness (QED) is 0.820. The molecule has 0 aromatic heterocycles. The number of nitrogens with two attached hydrogens (primary N) is 1. The van der Waals surface area contributed by atoms with E-state index in [4.69, 9.17) is 22.1 Å². The van der Waals surface area contributed by atoms with Crippen molar-refractivity contribution in [3.8, 4) is 5.75 Å². The molecule has 0 unspecified atom stereocenters. The van der Waals surface area contributed by atoms with Crippen molar-refractivity contribution in [1.29, 1.82) is 0 Å². The van der Waals surface area contributed by atoms with Gasteiger partial charge in [0.05, 0.1) is 18.4 Å². The van der Waals surface area contributed by atoms with Crippen molar-refractivity contribution in [1.82, 2.24) is 0 Å². The van der Waals surface area contributed by atoms with Crippen LogP contribution in [0.1, 0.15) is 10.4 Å². The molecule has 0 saturated carbocycles. The third-order valence-electron chi connectivity index (χ3n) is 2.68. The van der Waals surface area contributed by atoms with Crippen molar-refractivity contribution in [2.75, 3.05) is 18.2 Å².